The first-order valence-electron chi connectivity index (χ1n) is 14.2. The summed E-state index contributed by atoms with van der Waals surface area (Å²) in [5.74, 6) is -0.302. The number of rotatable bonds is 14. The van der Waals surface area contributed by atoms with E-state index in [1.807, 2.05) is 61.8 Å². The molecule has 0 radical (unpaired) electrons. The predicted molar refractivity (Wildman–Crippen MR) is 161 cm³/mol. The van der Waals surface area contributed by atoms with Gasteiger partial charge in [-0.05, 0) is 96.1 Å². The van der Waals surface area contributed by atoms with Crippen LogP contribution in [0.3, 0.4) is 0 Å². The summed E-state index contributed by atoms with van der Waals surface area (Å²) in [5.41, 5.74) is 4.11. The average molecular weight is 587 g/mol. The molecule has 41 heavy (non-hydrogen) atoms. The Hall–Kier alpha value is -2.08. The topological polar surface area (TPSA) is 91.3 Å². The standard InChI is InChI=1S/C32H40N2O4S2.Li/c1-22-8-6-7-11-25(22)27-20-24(12-14-26(27)31(35)34-28(32(36)37)17-19-39-2)21-38-29(30-16-18-33-40-30)15-13-23-9-4-3-5-10-23;/h6-8,11-12,14,16,18,20,23,28-29H,3-5,9-10,13,15,17,19,21H2,1-2H3,(H,34,35)(H,36,37);/q;+1/p-1/t28-,29?;/m0./s1. The molecular formula is C32H39LiN2O4S2. The van der Waals surface area contributed by atoms with Gasteiger partial charge in [0, 0.05) is 11.8 Å². The van der Waals surface area contributed by atoms with Crippen molar-refractivity contribution in [3.8, 4) is 11.1 Å². The third-order valence-corrected chi connectivity index (χ3v) is 9.23. The van der Waals surface area contributed by atoms with Crippen LogP contribution >= 0.6 is 23.3 Å². The molecule has 6 nitrogen and oxygen atoms in total. The minimum atomic E-state index is -1.27. The molecule has 2 atom stereocenters. The fourth-order valence-corrected chi connectivity index (χ4v) is 6.60. The molecule has 0 spiro atoms. The minimum Gasteiger partial charge on any atom is -0.548 e. The number of carboxylic acid groups (broad SMARTS) is 1. The number of carbonyl (C=O) groups is 2. The maximum absolute atomic E-state index is 13.4. The van der Waals surface area contributed by atoms with E-state index >= 15 is 0 Å². The molecule has 1 amide bonds. The van der Waals surface area contributed by atoms with Gasteiger partial charge in [0.1, 0.15) is 0 Å². The number of thioether (sulfide) groups is 1. The summed E-state index contributed by atoms with van der Waals surface area (Å²) in [7, 11) is 0. The van der Waals surface area contributed by atoms with Crippen LogP contribution in [0.5, 0.6) is 0 Å². The zero-order chi connectivity index (χ0) is 28.3. The van der Waals surface area contributed by atoms with E-state index in [0.717, 1.165) is 45.9 Å². The van der Waals surface area contributed by atoms with Gasteiger partial charge in [-0.15, -0.1) is 0 Å². The van der Waals surface area contributed by atoms with Crippen LogP contribution in [-0.2, 0) is 16.1 Å². The molecule has 1 unspecified atom stereocenters. The van der Waals surface area contributed by atoms with Gasteiger partial charge in [0.05, 0.1) is 29.6 Å². The first-order valence-corrected chi connectivity index (χ1v) is 16.3. The first kappa shape index (κ1) is 33.4. The van der Waals surface area contributed by atoms with Gasteiger partial charge >= 0.3 is 18.9 Å². The molecule has 1 N–H and O–H groups in total. The Labute approximate surface area is 264 Å². The number of ether oxygens (including phenoxy) is 1. The van der Waals surface area contributed by atoms with Crippen LogP contribution in [0.2, 0.25) is 0 Å². The predicted octanol–water partition coefficient (Wildman–Crippen LogP) is 3.34. The van der Waals surface area contributed by atoms with Gasteiger partial charge in [0.2, 0.25) is 0 Å². The van der Waals surface area contributed by atoms with Crippen molar-refractivity contribution in [3.63, 3.8) is 0 Å². The molecule has 1 aliphatic rings. The molecule has 3 aromatic rings. The van der Waals surface area contributed by atoms with Crippen molar-refractivity contribution in [1.29, 1.82) is 0 Å². The monoisotopic (exact) mass is 586 g/mol. The second kappa shape index (κ2) is 17.1. The maximum Gasteiger partial charge on any atom is 1.00 e. The molecule has 0 aliphatic heterocycles. The van der Waals surface area contributed by atoms with E-state index < -0.39 is 17.9 Å². The van der Waals surface area contributed by atoms with Crippen LogP contribution in [0.15, 0.2) is 54.7 Å². The molecule has 2 aromatic carbocycles. The number of carbonyl (C=O) groups excluding carboxylic acids is 2. The first-order chi connectivity index (χ1) is 19.5. The minimum absolute atomic E-state index is 0. The zero-order valence-electron chi connectivity index (χ0n) is 24.4. The van der Waals surface area contributed by atoms with E-state index in [1.54, 1.807) is 6.07 Å². The Kier molecular flexibility index (Phi) is 14.0. The van der Waals surface area contributed by atoms with Gasteiger partial charge in [0.25, 0.3) is 5.91 Å². The van der Waals surface area contributed by atoms with Crippen LogP contribution in [0.25, 0.3) is 11.1 Å². The Morgan fingerprint density at radius 2 is 1.88 bits per heavy atom. The average Bonchev–Trinajstić information content (AvgIpc) is 3.51. The largest absolute Gasteiger partial charge is 1.00 e. The SMILES string of the molecule is CSCC[C@H](NC(=O)c1ccc(COC(CCC2CCCCC2)c2ccns2)cc1-c1ccccc1C)C(=O)[O-].[Li+]. The number of carboxylic acids is 1. The molecule has 1 saturated carbocycles. The fourth-order valence-electron chi connectivity index (χ4n) is 5.46. The molecule has 4 rings (SSSR count). The number of hydrogen-bond donors (Lipinski definition) is 1. The Morgan fingerprint density at radius 1 is 1.10 bits per heavy atom. The summed E-state index contributed by atoms with van der Waals surface area (Å²) in [4.78, 5) is 26.2. The number of nitrogens with one attached hydrogen (secondary N) is 1. The van der Waals surface area contributed by atoms with E-state index in [-0.39, 0.29) is 25.0 Å². The third-order valence-electron chi connectivity index (χ3n) is 7.75. The number of aromatic nitrogens is 1. The Balaban J connectivity index is 0.00000462. The number of benzene rings is 2. The Morgan fingerprint density at radius 3 is 2.56 bits per heavy atom. The van der Waals surface area contributed by atoms with Crippen LogP contribution in [-0.4, -0.2) is 34.3 Å². The molecule has 9 heteroatoms. The zero-order valence-corrected chi connectivity index (χ0v) is 26.0. The summed E-state index contributed by atoms with van der Waals surface area (Å²) >= 11 is 3.02. The van der Waals surface area contributed by atoms with Gasteiger partial charge in [-0.25, -0.2) is 4.37 Å². The van der Waals surface area contributed by atoms with Crippen molar-refractivity contribution < 1.29 is 38.3 Å². The fraction of sp³-hybridized carbons (Fsp3) is 0.469. The third kappa shape index (κ3) is 9.73. The van der Waals surface area contributed by atoms with E-state index in [4.69, 9.17) is 4.74 Å². The molecule has 1 aliphatic carbocycles. The number of nitrogens with zero attached hydrogens (tertiary/aromatic N) is 1. The van der Waals surface area contributed by atoms with E-state index in [1.165, 1.54) is 55.4 Å². The van der Waals surface area contributed by atoms with Crippen molar-refractivity contribution in [2.45, 2.75) is 77.0 Å². The van der Waals surface area contributed by atoms with Gasteiger partial charge < -0.3 is 20.0 Å². The van der Waals surface area contributed by atoms with E-state index in [9.17, 15) is 14.7 Å². The van der Waals surface area contributed by atoms with Gasteiger partial charge in [0.15, 0.2) is 0 Å². The second-order valence-corrected chi connectivity index (χ2v) is 12.5. The van der Waals surface area contributed by atoms with Crippen LogP contribution < -0.4 is 29.3 Å². The van der Waals surface area contributed by atoms with Crippen molar-refractivity contribution in [1.82, 2.24) is 9.69 Å². The van der Waals surface area contributed by atoms with Crippen LogP contribution in [0, 0.1) is 12.8 Å². The Bertz CT molecular complexity index is 1250. The van der Waals surface area contributed by atoms with Gasteiger partial charge in [-0.2, -0.15) is 11.8 Å². The smallest absolute Gasteiger partial charge is 0.548 e. The van der Waals surface area contributed by atoms with Crippen molar-refractivity contribution in [2.75, 3.05) is 12.0 Å². The second-order valence-electron chi connectivity index (χ2n) is 10.6. The number of aliphatic carboxylic acids is 1. The van der Waals surface area contributed by atoms with Crippen molar-refractivity contribution >= 4 is 35.2 Å². The molecule has 1 heterocycles. The van der Waals surface area contributed by atoms with Crippen molar-refractivity contribution in [2.24, 2.45) is 5.92 Å². The van der Waals surface area contributed by atoms with Crippen LogP contribution in [0.4, 0.5) is 0 Å². The van der Waals surface area contributed by atoms with Gasteiger partial charge in [-0.1, -0.05) is 62.4 Å². The maximum atomic E-state index is 13.4. The van der Waals surface area contributed by atoms with E-state index in [2.05, 4.69) is 9.69 Å². The summed E-state index contributed by atoms with van der Waals surface area (Å²) in [6.45, 7) is 2.41. The van der Waals surface area contributed by atoms with Crippen LogP contribution in [0.1, 0.15) is 83.8 Å². The summed E-state index contributed by atoms with van der Waals surface area (Å²) in [5, 5.41) is 14.4. The number of hydrogen-bond acceptors (Lipinski definition) is 7. The molecule has 0 bridgehead atoms. The summed E-state index contributed by atoms with van der Waals surface area (Å²) < 4.78 is 10.8. The molecule has 0 saturated heterocycles. The molecule has 1 fully saturated rings. The number of aryl methyl sites for hydroxylation is 1. The summed E-state index contributed by atoms with van der Waals surface area (Å²) in [6, 6.07) is 14.6. The normalized spacial score (nSPS) is 15.1. The number of amides is 1. The molecule has 214 valence electrons. The summed E-state index contributed by atoms with van der Waals surface area (Å²) in [6.07, 6.45) is 12.8. The van der Waals surface area contributed by atoms with Gasteiger partial charge in [-0.3, -0.25) is 4.79 Å². The quantitative estimate of drug-likeness (QED) is 0.292. The van der Waals surface area contributed by atoms with E-state index in [0.29, 0.717) is 24.3 Å². The molecular weight excluding hydrogens is 547 g/mol. The van der Waals surface area contributed by atoms with Crippen molar-refractivity contribution in [3.05, 3.63) is 76.3 Å². The molecule has 1 aromatic heterocycles.